The van der Waals surface area contributed by atoms with Crippen molar-refractivity contribution in [3.05, 3.63) is 70.0 Å². The van der Waals surface area contributed by atoms with E-state index in [-0.39, 0.29) is 24.1 Å². The summed E-state index contributed by atoms with van der Waals surface area (Å²) in [6.45, 7) is 5.38. The molecule has 1 atom stereocenters. The van der Waals surface area contributed by atoms with Crippen molar-refractivity contribution in [1.29, 1.82) is 0 Å². The standard InChI is InChI=1S/C23H24ClN5O.ClH/c1-15-18-4-2-3-5-19(18)23(30-15)8-10-28(11-9-23)22-27-26-21-14-25-13-16-12-17(24)6-7-20(16)29(21)22;/h2-7,12,15,25H,8-11,13-14H2,1H3;1H. The second-order valence-electron chi connectivity index (χ2n) is 8.46. The summed E-state index contributed by atoms with van der Waals surface area (Å²) in [4.78, 5) is 2.35. The molecule has 1 unspecified atom stereocenters. The summed E-state index contributed by atoms with van der Waals surface area (Å²) >= 11 is 6.25. The fraction of sp³-hybridized carbons (Fsp3) is 0.391. The second kappa shape index (κ2) is 7.78. The molecule has 2 aromatic carbocycles. The highest BCUT2D eigenvalue weighted by molar-refractivity contribution is 6.30. The van der Waals surface area contributed by atoms with Crippen LogP contribution in [0.25, 0.3) is 5.69 Å². The molecule has 0 amide bonds. The number of rotatable bonds is 1. The van der Waals surface area contributed by atoms with Gasteiger partial charge in [-0.2, -0.15) is 0 Å². The fourth-order valence-corrected chi connectivity index (χ4v) is 5.48. The molecule has 3 aliphatic heterocycles. The molecule has 1 aromatic heterocycles. The van der Waals surface area contributed by atoms with Crippen molar-refractivity contribution in [1.82, 2.24) is 20.1 Å². The molecule has 0 radical (unpaired) electrons. The van der Waals surface area contributed by atoms with E-state index in [1.54, 1.807) is 0 Å². The Labute approximate surface area is 193 Å². The van der Waals surface area contributed by atoms with Crippen molar-refractivity contribution >= 4 is 30.0 Å². The van der Waals surface area contributed by atoms with Crippen LogP contribution in [0, 0.1) is 0 Å². The first-order valence-electron chi connectivity index (χ1n) is 10.6. The van der Waals surface area contributed by atoms with Gasteiger partial charge in [-0.3, -0.25) is 4.57 Å². The minimum absolute atomic E-state index is 0. The highest BCUT2D eigenvalue weighted by atomic mass is 35.5. The molecule has 6 nitrogen and oxygen atoms in total. The lowest BCUT2D eigenvalue weighted by Crippen LogP contribution is -2.43. The van der Waals surface area contributed by atoms with Crippen molar-refractivity contribution in [2.24, 2.45) is 0 Å². The summed E-state index contributed by atoms with van der Waals surface area (Å²) in [6, 6.07) is 14.7. The van der Waals surface area contributed by atoms with E-state index in [0.29, 0.717) is 6.54 Å². The lowest BCUT2D eigenvalue weighted by Gasteiger charge is -2.40. The molecular weight excluding hydrogens is 433 g/mol. The number of ether oxygens (including phenoxy) is 1. The fourth-order valence-electron chi connectivity index (χ4n) is 5.28. The number of benzene rings is 2. The van der Waals surface area contributed by atoms with Gasteiger partial charge < -0.3 is 15.0 Å². The molecule has 0 bridgehead atoms. The van der Waals surface area contributed by atoms with Crippen LogP contribution in [0.2, 0.25) is 5.02 Å². The topological polar surface area (TPSA) is 55.2 Å². The lowest BCUT2D eigenvalue weighted by atomic mass is 9.83. The number of hydrogen-bond acceptors (Lipinski definition) is 5. The van der Waals surface area contributed by atoms with Crippen LogP contribution >= 0.6 is 24.0 Å². The monoisotopic (exact) mass is 457 g/mol. The number of nitrogens with one attached hydrogen (secondary N) is 1. The molecule has 6 rings (SSSR count). The molecular formula is C23H25Cl2N5O. The zero-order chi connectivity index (χ0) is 20.3. The van der Waals surface area contributed by atoms with Gasteiger partial charge in [-0.25, -0.2) is 0 Å². The molecule has 1 saturated heterocycles. The van der Waals surface area contributed by atoms with Crippen molar-refractivity contribution in [3.63, 3.8) is 0 Å². The summed E-state index contributed by atoms with van der Waals surface area (Å²) in [5.41, 5.74) is 4.79. The third kappa shape index (κ3) is 3.24. The Bertz CT molecular complexity index is 1120. The predicted octanol–water partition coefficient (Wildman–Crippen LogP) is 4.53. The van der Waals surface area contributed by atoms with Gasteiger partial charge in [0.15, 0.2) is 5.82 Å². The normalized spacial score (nSPS) is 21.1. The summed E-state index contributed by atoms with van der Waals surface area (Å²) in [6.07, 6.45) is 2.05. The second-order valence-corrected chi connectivity index (χ2v) is 8.89. The summed E-state index contributed by atoms with van der Waals surface area (Å²) in [7, 11) is 0. The average molecular weight is 458 g/mol. The van der Waals surface area contributed by atoms with Crippen molar-refractivity contribution in [3.8, 4) is 5.69 Å². The van der Waals surface area contributed by atoms with Crippen LogP contribution in [-0.4, -0.2) is 27.9 Å². The molecule has 3 aromatic rings. The van der Waals surface area contributed by atoms with Gasteiger partial charge in [-0.15, -0.1) is 22.6 Å². The van der Waals surface area contributed by atoms with E-state index >= 15 is 0 Å². The smallest absolute Gasteiger partial charge is 0.231 e. The number of hydrogen-bond donors (Lipinski definition) is 1. The van der Waals surface area contributed by atoms with Gasteiger partial charge in [0.05, 0.1) is 23.9 Å². The first kappa shape index (κ1) is 20.8. The molecule has 1 spiro atoms. The van der Waals surface area contributed by atoms with E-state index in [1.807, 2.05) is 12.1 Å². The Morgan fingerprint density at radius 2 is 1.90 bits per heavy atom. The summed E-state index contributed by atoms with van der Waals surface area (Å²) in [5, 5.41) is 13.3. The predicted molar refractivity (Wildman–Crippen MR) is 123 cm³/mol. The van der Waals surface area contributed by atoms with Crippen LogP contribution < -0.4 is 10.2 Å². The molecule has 162 valence electrons. The minimum Gasteiger partial charge on any atom is -0.363 e. The van der Waals surface area contributed by atoms with E-state index in [2.05, 4.69) is 62.2 Å². The van der Waals surface area contributed by atoms with Crippen LogP contribution in [0.1, 0.15) is 48.4 Å². The zero-order valence-corrected chi connectivity index (χ0v) is 18.9. The maximum absolute atomic E-state index is 6.53. The number of anilines is 1. The zero-order valence-electron chi connectivity index (χ0n) is 17.3. The van der Waals surface area contributed by atoms with Crippen molar-refractivity contribution < 1.29 is 4.74 Å². The third-order valence-corrected chi connectivity index (χ3v) is 6.98. The number of nitrogens with zero attached hydrogens (tertiary/aromatic N) is 4. The Balaban J connectivity index is 0.00000204. The molecule has 31 heavy (non-hydrogen) atoms. The van der Waals surface area contributed by atoms with Gasteiger partial charge in [-0.1, -0.05) is 35.9 Å². The van der Waals surface area contributed by atoms with Gasteiger partial charge in [-0.05, 0) is 54.7 Å². The maximum Gasteiger partial charge on any atom is 0.231 e. The molecule has 0 aliphatic carbocycles. The Morgan fingerprint density at radius 1 is 1.10 bits per heavy atom. The Kier molecular flexibility index (Phi) is 5.21. The number of fused-ring (bicyclic) bond motifs is 5. The molecule has 4 heterocycles. The minimum atomic E-state index is -0.179. The first-order chi connectivity index (χ1) is 14.6. The quantitative estimate of drug-likeness (QED) is 0.581. The van der Waals surface area contributed by atoms with Crippen LogP contribution in [0.15, 0.2) is 42.5 Å². The maximum atomic E-state index is 6.53. The van der Waals surface area contributed by atoms with Crippen LogP contribution in [0.3, 0.4) is 0 Å². The molecule has 8 heteroatoms. The largest absolute Gasteiger partial charge is 0.363 e. The van der Waals surface area contributed by atoms with E-state index < -0.39 is 0 Å². The van der Waals surface area contributed by atoms with E-state index in [4.69, 9.17) is 16.3 Å². The lowest BCUT2D eigenvalue weighted by molar-refractivity contribution is -0.0844. The van der Waals surface area contributed by atoms with Crippen LogP contribution in [-0.2, 0) is 23.4 Å². The van der Waals surface area contributed by atoms with Gasteiger partial charge in [0.25, 0.3) is 0 Å². The third-order valence-electron chi connectivity index (χ3n) is 6.74. The van der Waals surface area contributed by atoms with Gasteiger partial charge >= 0.3 is 0 Å². The molecule has 1 N–H and O–H groups in total. The first-order valence-corrected chi connectivity index (χ1v) is 11.0. The van der Waals surface area contributed by atoms with E-state index in [0.717, 1.165) is 60.5 Å². The molecule has 0 saturated carbocycles. The Morgan fingerprint density at radius 3 is 2.74 bits per heavy atom. The van der Waals surface area contributed by atoms with Crippen molar-refractivity contribution in [2.45, 2.75) is 44.6 Å². The Hall–Kier alpha value is -2.12. The highest BCUT2D eigenvalue weighted by Crippen LogP contribution is 2.49. The van der Waals surface area contributed by atoms with Crippen LogP contribution in [0.5, 0.6) is 0 Å². The average Bonchev–Trinajstić information content (AvgIpc) is 3.23. The van der Waals surface area contributed by atoms with E-state index in [1.165, 1.54) is 11.1 Å². The van der Waals surface area contributed by atoms with Gasteiger partial charge in [0.2, 0.25) is 5.95 Å². The summed E-state index contributed by atoms with van der Waals surface area (Å²) < 4.78 is 8.72. The molecule has 3 aliphatic rings. The van der Waals surface area contributed by atoms with Gasteiger partial charge in [0.1, 0.15) is 0 Å². The van der Waals surface area contributed by atoms with Crippen molar-refractivity contribution in [2.75, 3.05) is 18.0 Å². The number of halogens is 2. The highest BCUT2D eigenvalue weighted by Gasteiger charge is 2.45. The summed E-state index contributed by atoms with van der Waals surface area (Å²) in [5.74, 6) is 1.84. The van der Waals surface area contributed by atoms with Gasteiger partial charge in [0, 0.05) is 24.7 Å². The number of piperidine rings is 1. The molecule has 1 fully saturated rings. The SMILES string of the molecule is CC1OC2(CCN(c3nnc4n3-c3ccc(Cl)cc3CNC4)CC2)c2ccccc21.Cl. The van der Waals surface area contributed by atoms with E-state index in [9.17, 15) is 0 Å². The number of aromatic nitrogens is 3. The van der Waals surface area contributed by atoms with Crippen LogP contribution in [0.4, 0.5) is 5.95 Å².